The molecule has 4 rings (SSSR count). The van der Waals surface area contributed by atoms with Gasteiger partial charge in [-0.2, -0.15) is 17.9 Å². The summed E-state index contributed by atoms with van der Waals surface area (Å²) in [6, 6.07) is 11.8. The quantitative estimate of drug-likeness (QED) is 0.343. The lowest BCUT2D eigenvalue weighted by Gasteiger charge is -2.27. The summed E-state index contributed by atoms with van der Waals surface area (Å²) in [7, 11) is 1.22. The Balaban J connectivity index is 1.76. The molecule has 0 N–H and O–H groups in total. The molecular weight excluding hydrogens is 532 g/mol. The molecule has 1 aliphatic rings. The first-order valence-electron chi connectivity index (χ1n) is 11.7. The van der Waals surface area contributed by atoms with Crippen molar-refractivity contribution in [2.75, 3.05) is 7.11 Å². The minimum atomic E-state index is -4.71. The van der Waals surface area contributed by atoms with E-state index < -0.39 is 36.1 Å². The van der Waals surface area contributed by atoms with E-state index in [1.54, 1.807) is 6.92 Å². The van der Waals surface area contributed by atoms with Crippen LogP contribution in [0.5, 0.6) is 5.75 Å². The van der Waals surface area contributed by atoms with Crippen LogP contribution in [-0.4, -0.2) is 45.1 Å². The topological polar surface area (TPSA) is 79.9 Å². The summed E-state index contributed by atoms with van der Waals surface area (Å²) in [6.45, 7) is 3.05. The van der Waals surface area contributed by atoms with E-state index in [1.165, 1.54) is 17.7 Å². The second-order valence-corrected chi connectivity index (χ2v) is 8.85. The molecule has 2 aromatic carbocycles. The average Bonchev–Trinajstić information content (AvgIpc) is 3.20. The van der Waals surface area contributed by atoms with Crippen LogP contribution in [0.15, 0.2) is 52.3 Å². The molecule has 0 saturated carbocycles. The van der Waals surface area contributed by atoms with Crippen molar-refractivity contribution < 1.29 is 31.8 Å². The Morgan fingerprint density at radius 1 is 1.16 bits per heavy atom. The third-order valence-corrected chi connectivity index (χ3v) is 6.25. The molecule has 0 aliphatic carbocycles. The number of fused-ring (bicyclic) bond motifs is 1. The summed E-state index contributed by atoms with van der Waals surface area (Å²) in [5, 5.41) is 4.05. The predicted octanol–water partition coefficient (Wildman–Crippen LogP) is 5.08. The fourth-order valence-corrected chi connectivity index (χ4v) is 4.26. The fourth-order valence-electron chi connectivity index (χ4n) is 3.96. The zero-order chi connectivity index (χ0) is 27.6. The van der Waals surface area contributed by atoms with Crippen molar-refractivity contribution >= 4 is 16.8 Å². The van der Waals surface area contributed by atoms with E-state index in [4.69, 9.17) is 25.8 Å². The van der Waals surface area contributed by atoms with Gasteiger partial charge in [0, 0.05) is 25.3 Å². The molecule has 0 fully saturated rings. The molecule has 0 saturated heterocycles. The van der Waals surface area contributed by atoms with Crippen LogP contribution in [0.25, 0.3) is 5.69 Å². The molecule has 0 bridgehead atoms. The van der Waals surface area contributed by atoms with Crippen LogP contribution < -0.4 is 10.4 Å². The maximum atomic E-state index is 15.3. The number of benzene rings is 2. The van der Waals surface area contributed by atoms with Gasteiger partial charge in [-0.05, 0) is 25.5 Å². The molecule has 3 aromatic rings. The second-order valence-electron chi connectivity index (χ2n) is 8.49. The highest BCUT2D eigenvalue weighted by Gasteiger charge is 2.40. The molecule has 38 heavy (non-hydrogen) atoms. The van der Waals surface area contributed by atoms with Gasteiger partial charge in [0.05, 0.1) is 17.9 Å². The largest absolute Gasteiger partial charge is 0.480 e. The number of aliphatic imine (C=N–C) groups is 1. The standard InChI is InChI=1S/C25H25ClF4N4O4/c1-4-33-19(13-37-12-15-8-6-5-7-9-15)32-34(24(33)35)16-10-17-20(22(26)31-23(36-3)21(17)27)18(11-16)38-14(2)25(28,29)30/h5-11,14,21,23H,4,12-13H2,1-3H3. The van der Waals surface area contributed by atoms with Crippen LogP contribution in [0.4, 0.5) is 17.6 Å². The number of halogens is 5. The summed E-state index contributed by atoms with van der Waals surface area (Å²) in [5.41, 5.74) is 0.0291. The number of hydrogen-bond acceptors (Lipinski definition) is 6. The maximum absolute atomic E-state index is 15.3. The lowest BCUT2D eigenvalue weighted by Crippen LogP contribution is -2.33. The van der Waals surface area contributed by atoms with Gasteiger partial charge in [0.15, 0.2) is 24.3 Å². The van der Waals surface area contributed by atoms with Gasteiger partial charge in [0.25, 0.3) is 0 Å². The van der Waals surface area contributed by atoms with Crippen LogP contribution >= 0.6 is 11.6 Å². The number of ether oxygens (including phenoxy) is 3. The Bertz CT molecular complexity index is 1370. The molecule has 3 atom stereocenters. The van der Waals surface area contributed by atoms with Gasteiger partial charge in [-0.15, -0.1) is 5.10 Å². The van der Waals surface area contributed by atoms with Crippen LogP contribution in [0, 0.1) is 0 Å². The van der Waals surface area contributed by atoms with Gasteiger partial charge in [-0.3, -0.25) is 4.57 Å². The Hall–Kier alpha value is -3.22. The van der Waals surface area contributed by atoms with E-state index in [9.17, 15) is 18.0 Å². The maximum Gasteiger partial charge on any atom is 0.425 e. The third kappa shape index (κ3) is 5.62. The Morgan fingerprint density at radius 2 is 1.87 bits per heavy atom. The van der Waals surface area contributed by atoms with Crippen molar-refractivity contribution in [1.82, 2.24) is 14.3 Å². The molecule has 0 radical (unpaired) electrons. The zero-order valence-corrected chi connectivity index (χ0v) is 21.5. The fraction of sp³-hybridized carbons (Fsp3) is 0.400. The highest BCUT2D eigenvalue weighted by molar-refractivity contribution is 6.70. The van der Waals surface area contributed by atoms with Gasteiger partial charge in [0.1, 0.15) is 17.5 Å². The van der Waals surface area contributed by atoms with Crippen molar-refractivity contribution in [3.63, 3.8) is 0 Å². The minimum Gasteiger partial charge on any atom is -0.480 e. The average molecular weight is 557 g/mol. The van der Waals surface area contributed by atoms with Crippen molar-refractivity contribution in [1.29, 1.82) is 0 Å². The monoisotopic (exact) mass is 556 g/mol. The number of hydrogen-bond donors (Lipinski definition) is 0. The lowest BCUT2D eigenvalue weighted by molar-refractivity contribution is -0.189. The molecular formula is C25H25ClF4N4O4. The number of nitrogens with zero attached hydrogens (tertiary/aromatic N) is 4. The van der Waals surface area contributed by atoms with Crippen LogP contribution in [-0.2, 0) is 29.2 Å². The van der Waals surface area contributed by atoms with Gasteiger partial charge >= 0.3 is 11.9 Å². The van der Waals surface area contributed by atoms with Gasteiger partial charge in [-0.25, -0.2) is 14.2 Å². The predicted molar refractivity (Wildman–Crippen MR) is 132 cm³/mol. The first kappa shape index (κ1) is 27.8. The third-order valence-electron chi connectivity index (χ3n) is 5.96. The number of alkyl halides is 4. The van der Waals surface area contributed by atoms with Gasteiger partial charge in [-0.1, -0.05) is 41.9 Å². The molecule has 8 nitrogen and oxygen atoms in total. The number of rotatable bonds is 9. The van der Waals surface area contributed by atoms with E-state index in [0.717, 1.165) is 23.2 Å². The van der Waals surface area contributed by atoms with Gasteiger partial charge < -0.3 is 14.2 Å². The highest BCUT2D eigenvalue weighted by Crippen LogP contribution is 2.40. The SMILES string of the molecule is CCn1c(COCc2ccccc2)nn(-c2cc(OC(C)C(F)(F)F)c3c(c2)C(F)C(OC)N=C3Cl)c1=O. The Kier molecular flexibility index (Phi) is 8.24. The zero-order valence-electron chi connectivity index (χ0n) is 20.7. The lowest BCUT2D eigenvalue weighted by atomic mass is 9.98. The van der Waals surface area contributed by atoms with E-state index >= 15 is 4.39 Å². The van der Waals surface area contributed by atoms with Gasteiger partial charge in [0.2, 0.25) is 0 Å². The first-order chi connectivity index (χ1) is 18.0. The van der Waals surface area contributed by atoms with Crippen molar-refractivity contribution in [2.24, 2.45) is 4.99 Å². The number of methoxy groups -OCH3 is 1. The summed E-state index contributed by atoms with van der Waals surface area (Å²) in [6.07, 6.45) is -10.2. The van der Waals surface area contributed by atoms with E-state index in [-0.39, 0.29) is 47.6 Å². The summed E-state index contributed by atoms with van der Waals surface area (Å²) in [5.74, 6) is -0.114. The molecule has 0 spiro atoms. The minimum absolute atomic E-state index is 0.0135. The normalized spacial score (nSPS) is 18.2. The summed E-state index contributed by atoms with van der Waals surface area (Å²) >= 11 is 6.22. The summed E-state index contributed by atoms with van der Waals surface area (Å²) in [4.78, 5) is 17.1. The molecule has 2 heterocycles. The summed E-state index contributed by atoms with van der Waals surface area (Å²) < 4.78 is 73.5. The second kappa shape index (κ2) is 11.3. The van der Waals surface area contributed by atoms with Crippen molar-refractivity contribution in [2.45, 2.75) is 58.3 Å². The molecule has 204 valence electrons. The Morgan fingerprint density at radius 3 is 2.50 bits per heavy atom. The van der Waals surface area contributed by atoms with Crippen molar-refractivity contribution in [3.8, 4) is 11.4 Å². The highest BCUT2D eigenvalue weighted by atomic mass is 35.5. The number of aromatic nitrogens is 3. The Labute approximate surface area is 220 Å². The smallest absolute Gasteiger partial charge is 0.425 e. The van der Waals surface area contributed by atoms with Crippen LogP contribution in [0.3, 0.4) is 0 Å². The molecule has 3 unspecified atom stereocenters. The van der Waals surface area contributed by atoms with Crippen LogP contribution in [0.1, 0.15) is 42.5 Å². The molecule has 1 aliphatic heterocycles. The molecule has 13 heteroatoms. The van der Waals surface area contributed by atoms with E-state index in [0.29, 0.717) is 0 Å². The van der Waals surface area contributed by atoms with Crippen molar-refractivity contribution in [3.05, 3.63) is 75.5 Å². The van der Waals surface area contributed by atoms with E-state index in [2.05, 4.69) is 10.1 Å². The molecule has 0 amide bonds. The van der Waals surface area contributed by atoms with E-state index in [1.807, 2.05) is 30.3 Å². The first-order valence-corrected chi connectivity index (χ1v) is 12.1. The molecule has 1 aromatic heterocycles. The van der Waals surface area contributed by atoms with Crippen LogP contribution in [0.2, 0.25) is 0 Å².